The van der Waals surface area contributed by atoms with E-state index in [1.54, 1.807) is 12.5 Å². The molecule has 0 saturated carbocycles. The maximum Gasteiger partial charge on any atom is 0.168 e. The van der Waals surface area contributed by atoms with Crippen molar-refractivity contribution in [2.45, 2.75) is 19.8 Å². The van der Waals surface area contributed by atoms with Crippen LogP contribution >= 0.6 is 0 Å². The van der Waals surface area contributed by atoms with Gasteiger partial charge in [0, 0.05) is 13.1 Å². The van der Waals surface area contributed by atoms with Crippen molar-refractivity contribution in [1.82, 2.24) is 19.7 Å². The van der Waals surface area contributed by atoms with E-state index in [1.165, 1.54) is 5.56 Å². The predicted molar refractivity (Wildman–Crippen MR) is 88.3 cm³/mol. The third-order valence-corrected chi connectivity index (χ3v) is 3.61. The van der Waals surface area contributed by atoms with Crippen molar-refractivity contribution in [3.63, 3.8) is 0 Å². The molecule has 0 bridgehead atoms. The van der Waals surface area contributed by atoms with Gasteiger partial charge in [-0.1, -0.05) is 26.0 Å². The summed E-state index contributed by atoms with van der Waals surface area (Å²) in [7, 11) is 0. The van der Waals surface area contributed by atoms with Crippen molar-refractivity contribution < 1.29 is 0 Å². The molecule has 6 nitrogen and oxygen atoms in total. The van der Waals surface area contributed by atoms with Gasteiger partial charge in [0.2, 0.25) is 0 Å². The fraction of sp³-hybridized carbons (Fsp3) is 0.312. The predicted octanol–water partition coefficient (Wildman–Crippen LogP) is 2.31. The number of rotatable bonds is 5. The van der Waals surface area contributed by atoms with Crippen LogP contribution in [0.2, 0.25) is 0 Å². The highest BCUT2D eigenvalue weighted by Crippen LogP contribution is 2.22. The Morgan fingerprint density at radius 3 is 2.64 bits per heavy atom. The van der Waals surface area contributed by atoms with E-state index in [4.69, 9.17) is 5.73 Å². The Labute approximate surface area is 129 Å². The number of hydrogen-bond acceptors (Lipinski definition) is 5. The van der Waals surface area contributed by atoms with Crippen LogP contribution in [0.15, 0.2) is 36.8 Å². The summed E-state index contributed by atoms with van der Waals surface area (Å²) < 4.78 is 1.83. The molecule has 22 heavy (non-hydrogen) atoms. The van der Waals surface area contributed by atoms with Gasteiger partial charge in [-0.05, 0) is 23.6 Å². The molecule has 0 amide bonds. The van der Waals surface area contributed by atoms with Gasteiger partial charge in [-0.2, -0.15) is 5.10 Å². The smallest absolute Gasteiger partial charge is 0.168 e. The summed E-state index contributed by atoms with van der Waals surface area (Å²) in [5.74, 6) is 1.28. The van der Waals surface area contributed by atoms with Crippen LogP contribution in [-0.4, -0.2) is 32.8 Å². The van der Waals surface area contributed by atoms with Crippen molar-refractivity contribution in [3.8, 4) is 5.69 Å². The summed E-state index contributed by atoms with van der Waals surface area (Å²) in [6.07, 6.45) is 3.33. The molecule has 0 fully saturated rings. The van der Waals surface area contributed by atoms with Gasteiger partial charge in [0.15, 0.2) is 5.65 Å². The molecule has 3 aromatic rings. The minimum atomic E-state index is 0.512. The zero-order valence-electron chi connectivity index (χ0n) is 12.8. The van der Waals surface area contributed by atoms with E-state index < -0.39 is 0 Å². The maximum absolute atomic E-state index is 5.53. The van der Waals surface area contributed by atoms with E-state index >= 15 is 0 Å². The van der Waals surface area contributed by atoms with Crippen LogP contribution in [0.3, 0.4) is 0 Å². The minimum absolute atomic E-state index is 0.512. The minimum Gasteiger partial charge on any atom is -0.368 e. The fourth-order valence-corrected chi connectivity index (χ4v) is 2.36. The molecular weight excluding hydrogens is 276 g/mol. The van der Waals surface area contributed by atoms with E-state index in [9.17, 15) is 0 Å². The molecule has 0 aliphatic rings. The van der Waals surface area contributed by atoms with Crippen molar-refractivity contribution >= 4 is 16.9 Å². The number of nitrogens with zero attached hydrogens (tertiary/aromatic N) is 4. The first-order valence-corrected chi connectivity index (χ1v) is 7.43. The number of fused-ring (bicyclic) bond motifs is 1. The molecule has 3 N–H and O–H groups in total. The average Bonchev–Trinajstić information content (AvgIpc) is 2.97. The van der Waals surface area contributed by atoms with Crippen molar-refractivity contribution in [1.29, 1.82) is 0 Å². The normalized spacial score (nSPS) is 11.3. The Balaban J connectivity index is 2.01. The number of benzene rings is 1. The lowest BCUT2D eigenvalue weighted by Gasteiger charge is -2.08. The first kappa shape index (κ1) is 14.5. The lowest BCUT2D eigenvalue weighted by Crippen LogP contribution is -2.14. The Bertz CT molecular complexity index is 760. The van der Waals surface area contributed by atoms with Gasteiger partial charge in [-0.25, -0.2) is 14.6 Å². The molecule has 3 rings (SSSR count). The van der Waals surface area contributed by atoms with Crippen molar-refractivity contribution in [2.75, 3.05) is 18.4 Å². The molecule has 2 heterocycles. The van der Waals surface area contributed by atoms with Crippen LogP contribution < -0.4 is 11.1 Å². The van der Waals surface area contributed by atoms with Crippen molar-refractivity contribution in [2.24, 2.45) is 5.73 Å². The summed E-state index contributed by atoms with van der Waals surface area (Å²) in [4.78, 5) is 8.62. The number of hydrogen-bond donors (Lipinski definition) is 2. The third-order valence-electron chi connectivity index (χ3n) is 3.61. The van der Waals surface area contributed by atoms with Gasteiger partial charge in [0.1, 0.15) is 12.1 Å². The zero-order chi connectivity index (χ0) is 15.5. The van der Waals surface area contributed by atoms with E-state index in [1.807, 2.05) is 4.68 Å². The highest BCUT2D eigenvalue weighted by atomic mass is 15.3. The second-order valence-corrected chi connectivity index (χ2v) is 5.48. The van der Waals surface area contributed by atoms with Gasteiger partial charge in [-0.3, -0.25) is 0 Å². The molecule has 0 spiro atoms. The molecule has 0 radical (unpaired) electrons. The summed E-state index contributed by atoms with van der Waals surface area (Å²) in [6, 6.07) is 8.39. The molecule has 0 saturated heterocycles. The molecule has 114 valence electrons. The Morgan fingerprint density at radius 1 is 1.18 bits per heavy atom. The largest absolute Gasteiger partial charge is 0.368 e. The van der Waals surface area contributed by atoms with Crippen LogP contribution in [0.25, 0.3) is 16.7 Å². The summed E-state index contributed by atoms with van der Waals surface area (Å²) in [6.45, 7) is 5.58. The van der Waals surface area contributed by atoms with Crippen LogP contribution in [0.4, 0.5) is 5.82 Å². The Hall–Kier alpha value is -2.47. The fourth-order valence-electron chi connectivity index (χ4n) is 2.36. The topological polar surface area (TPSA) is 81.7 Å². The second kappa shape index (κ2) is 6.11. The molecule has 0 aliphatic heterocycles. The van der Waals surface area contributed by atoms with E-state index in [-0.39, 0.29) is 0 Å². The number of nitrogens with two attached hydrogens (primary N) is 1. The van der Waals surface area contributed by atoms with Crippen LogP contribution in [-0.2, 0) is 0 Å². The monoisotopic (exact) mass is 296 g/mol. The molecule has 0 unspecified atom stereocenters. The first-order chi connectivity index (χ1) is 10.7. The Morgan fingerprint density at radius 2 is 1.95 bits per heavy atom. The first-order valence-electron chi connectivity index (χ1n) is 7.43. The van der Waals surface area contributed by atoms with Crippen LogP contribution in [0, 0.1) is 0 Å². The Kier molecular flexibility index (Phi) is 4.02. The maximum atomic E-state index is 5.53. The van der Waals surface area contributed by atoms with E-state index in [2.05, 4.69) is 58.5 Å². The third kappa shape index (κ3) is 2.65. The quantitative estimate of drug-likeness (QED) is 0.755. The summed E-state index contributed by atoms with van der Waals surface area (Å²) >= 11 is 0. The summed E-state index contributed by atoms with van der Waals surface area (Å²) in [5, 5.41) is 8.54. The van der Waals surface area contributed by atoms with Crippen LogP contribution in [0.5, 0.6) is 0 Å². The molecule has 0 aliphatic carbocycles. The molecule has 1 aromatic carbocycles. The standard InChI is InChI=1S/C16H20N6/c1-11(2)12-3-5-13(6-4-12)22-16-14(9-21-22)15(18-8-7-17)19-10-20-16/h3-6,9-11H,7-8,17H2,1-2H3,(H,18,19,20). The van der Waals surface area contributed by atoms with Gasteiger partial charge >= 0.3 is 0 Å². The second-order valence-electron chi connectivity index (χ2n) is 5.48. The number of anilines is 1. The lowest BCUT2D eigenvalue weighted by molar-refractivity contribution is 0.858. The SMILES string of the molecule is CC(C)c1ccc(-n2ncc3c(NCCN)ncnc32)cc1. The zero-order valence-corrected chi connectivity index (χ0v) is 12.8. The average molecular weight is 296 g/mol. The molecular formula is C16H20N6. The van der Waals surface area contributed by atoms with E-state index in [0.29, 0.717) is 19.0 Å². The van der Waals surface area contributed by atoms with Gasteiger partial charge in [-0.15, -0.1) is 0 Å². The highest BCUT2D eigenvalue weighted by molar-refractivity contribution is 5.87. The van der Waals surface area contributed by atoms with Crippen molar-refractivity contribution in [3.05, 3.63) is 42.4 Å². The van der Waals surface area contributed by atoms with E-state index in [0.717, 1.165) is 22.5 Å². The van der Waals surface area contributed by atoms with Crippen LogP contribution in [0.1, 0.15) is 25.3 Å². The van der Waals surface area contributed by atoms with Gasteiger partial charge in [0.25, 0.3) is 0 Å². The molecule has 6 heteroatoms. The molecule has 0 atom stereocenters. The van der Waals surface area contributed by atoms with Gasteiger partial charge < -0.3 is 11.1 Å². The number of aromatic nitrogens is 4. The molecule has 2 aromatic heterocycles. The highest BCUT2D eigenvalue weighted by Gasteiger charge is 2.11. The van der Waals surface area contributed by atoms with Gasteiger partial charge in [0.05, 0.1) is 17.3 Å². The number of nitrogens with one attached hydrogen (secondary N) is 1. The summed E-state index contributed by atoms with van der Waals surface area (Å²) in [5.41, 5.74) is 8.61. The lowest BCUT2D eigenvalue weighted by atomic mass is 10.0.